The number of unbranched alkanes of at least 4 members (excludes halogenated alkanes) is 8. The van der Waals surface area contributed by atoms with E-state index in [1.165, 1.54) is 83.5 Å². The van der Waals surface area contributed by atoms with Crippen molar-refractivity contribution in [2.45, 2.75) is 110 Å². The molecule has 0 heterocycles. The van der Waals surface area contributed by atoms with Gasteiger partial charge in [0.2, 0.25) is 0 Å². The third-order valence-electron chi connectivity index (χ3n) is 5.21. The second kappa shape index (κ2) is 11.6. The first-order valence-electron chi connectivity index (χ1n) is 9.42. The molecule has 0 aromatic rings. The van der Waals surface area contributed by atoms with Gasteiger partial charge in [-0.05, 0) is 31.1 Å². The van der Waals surface area contributed by atoms with Crippen LogP contribution in [0.5, 0.6) is 0 Å². The lowest BCUT2D eigenvalue weighted by Gasteiger charge is -2.29. The van der Waals surface area contributed by atoms with Crippen LogP contribution in [0.15, 0.2) is 0 Å². The maximum absolute atomic E-state index is 10.3. The standard InChI is InChI=1S/C19H38O/c1-3-4-5-6-7-8-9-10-11-12-19(20)18-15-13-17(2)14-16-18/h17-20H,3-16H2,1-2H3. The van der Waals surface area contributed by atoms with Gasteiger partial charge in [0.15, 0.2) is 0 Å². The summed E-state index contributed by atoms with van der Waals surface area (Å²) in [4.78, 5) is 0. The van der Waals surface area contributed by atoms with E-state index in [1.807, 2.05) is 0 Å². The first kappa shape index (κ1) is 18.0. The molecule has 1 atom stereocenters. The van der Waals surface area contributed by atoms with Crippen LogP contribution in [-0.2, 0) is 0 Å². The Balaban J connectivity index is 1.88. The average Bonchev–Trinajstić information content (AvgIpc) is 2.46. The topological polar surface area (TPSA) is 20.2 Å². The van der Waals surface area contributed by atoms with Crippen molar-refractivity contribution in [3.05, 3.63) is 0 Å². The smallest absolute Gasteiger partial charge is 0.0568 e. The Bertz CT molecular complexity index is 206. The molecule has 1 N–H and O–H groups in total. The Morgan fingerprint density at radius 2 is 1.30 bits per heavy atom. The van der Waals surface area contributed by atoms with E-state index in [9.17, 15) is 5.11 Å². The number of hydrogen-bond donors (Lipinski definition) is 1. The normalized spacial score (nSPS) is 24.8. The minimum atomic E-state index is -0.00736. The van der Waals surface area contributed by atoms with Crippen molar-refractivity contribution >= 4 is 0 Å². The lowest BCUT2D eigenvalue weighted by Crippen LogP contribution is -2.24. The quantitative estimate of drug-likeness (QED) is 0.454. The zero-order chi connectivity index (χ0) is 14.6. The molecule has 20 heavy (non-hydrogen) atoms. The van der Waals surface area contributed by atoms with Gasteiger partial charge < -0.3 is 5.11 Å². The first-order chi connectivity index (χ1) is 9.74. The average molecular weight is 283 g/mol. The number of hydrogen-bond acceptors (Lipinski definition) is 1. The van der Waals surface area contributed by atoms with Crippen LogP contribution in [0.4, 0.5) is 0 Å². The largest absolute Gasteiger partial charge is 0.393 e. The SMILES string of the molecule is CCCCCCCCCCCC(O)C1CCC(C)CC1. The van der Waals surface area contributed by atoms with Crippen LogP contribution in [0.3, 0.4) is 0 Å². The lowest BCUT2D eigenvalue weighted by molar-refractivity contribution is 0.0665. The van der Waals surface area contributed by atoms with Gasteiger partial charge in [-0.1, -0.05) is 84.5 Å². The molecule has 0 bridgehead atoms. The maximum Gasteiger partial charge on any atom is 0.0568 e. The van der Waals surface area contributed by atoms with E-state index >= 15 is 0 Å². The highest BCUT2D eigenvalue weighted by atomic mass is 16.3. The van der Waals surface area contributed by atoms with Gasteiger partial charge in [-0.2, -0.15) is 0 Å². The van der Waals surface area contributed by atoms with Crippen LogP contribution in [-0.4, -0.2) is 11.2 Å². The Kier molecular flexibility index (Phi) is 10.4. The summed E-state index contributed by atoms with van der Waals surface area (Å²) < 4.78 is 0. The lowest BCUT2D eigenvalue weighted by atomic mass is 9.79. The fraction of sp³-hybridized carbons (Fsp3) is 1.00. The van der Waals surface area contributed by atoms with Crippen LogP contribution < -0.4 is 0 Å². The Morgan fingerprint density at radius 1 is 0.800 bits per heavy atom. The highest BCUT2D eigenvalue weighted by Crippen LogP contribution is 2.31. The van der Waals surface area contributed by atoms with Crippen molar-refractivity contribution in [3.63, 3.8) is 0 Å². The predicted octanol–water partition coefficient (Wildman–Crippen LogP) is 6.09. The van der Waals surface area contributed by atoms with E-state index in [2.05, 4.69) is 13.8 Å². The van der Waals surface area contributed by atoms with Crippen LogP contribution >= 0.6 is 0 Å². The van der Waals surface area contributed by atoms with Gasteiger partial charge in [0, 0.05) is 0 Å². The molecule has 0 spiro atoms. The first-order valence-corrected chi connectivity index (χ1v) is 9.42. The maximum atomic E-state index is 10.3. The van der Waals surface area contributed by atoms with Crippen molar-refractivity contribution in [1.82, 2.24) is 0 Å². The van der Waals surface area contributed by atoms with Crippen LogP contribution in [0.1, 0.15) is 104 Å². The molecule has 1 aliphatic carbocycles. The molecule has 1 nitrogen and oxygen atoms in total. The summed E-state index contributed by atoms with van der Waals surface area (Å²) >= 11 is 0. The Hall–Kier alpha value is -0.0400. The zero-order valence-corrected chi connectivity index (χ0v) is 14.1. The van der Waals surface area contributed by atoms with Gasteiger partial charge in [-0.25, -0.2) is 0 Å². The van der Waals surface area contributed by atoms with E-state index in [4.69, 9.17) is 0 Å². The van der Waals surface area contributed by atoms with E-state index < -0.39 is 0 Å². The molecule has 1 saturated carbocycles. The molecular weight excluding hydrogens is 244 g/mol. The molecule has 1 fully saturated rings. The third-order valence-corrected chi connectivity index (χ3v) is 5.21. The summed E-state index contributed by atoms with van der Waals surface area (Å²) in [6, 6.07) is 0. The van der Waals surface area contributed by atoms with Gasteiger partial charge in [-0.3, -0.25) is 0 Å². The van der Waals surface area contributed by atoms with Gasteiger partial charge in [0.1, 0.15) is 0 Å². The van der Waals surface area contributed by atoms with E-state index in [0.717, 1.165) is 12.3 Å². The van der Waals surface area contributed by atoms with Crippen molar-refractivity contribution in [2.24, 2.45) is 11.8 Å². The fourth-order valence-corrected chi connectivity index (χ4v) is 3.57. The summed E-state index contributed by atoms with van der Waals surface area (Å²) in [7, 11) is 0. The van der Waals surface area contributed by atoms with Crippen LogP contribution in [0.2, 0.25) is 0 Å². The second-order valence-corrected chi connectivity index (χ2v) is 7.20. The van der Waals surface area contributed by atoms with Crippen molar-refractivity contribution in [3.8, 4) is 0 Å². The van der Waals surface area contributed by atoms with Gasteiger partial charge >= 0.3 is 0 Å². The molecule has 0 saturated heterocycles. The predicted molar refractivity (Wildman–Crippen MR) is 89.0 cm³/mol. The molecule has 0 radical (unpaired) electrons. The molecular formula is C19H38O. The molecule has 0 aromatic heterocycles. The minimum Gasteiger partial charge on any atom is -0.393 e. The number of rotatable bonds is 11. The van der Waals surface area contributed by atoms with Gasteiger partial charge in [0.25, 0.3) is 0 Å². The van der Waals surface area contributed by atoms with Crippen LogP contribution in [0.25, 0.3) is 0 Å². The molecule has 0 aromatic carbocycles. The van der Waals surface area contributed by atoms with E-state index in [-0.39, 0.29) is 6.10 Å². The molecule has 1 rings (SSSR count). The molecule has 0 amide bonds. The zero-order valence-electron chi connectivity index (χ0n) is 14.1. The van der Waals surface area contributed by atoms with Crippen molar-refractivity contribution in [2.75, 3.05) is 0 Å². The monoisotopic (exact) mass is 282 g/mol. The van der Waals surface area contributed by atoms with Gasteiger partial charge in [0.05, 0.1) is 6.10 Å². The summed E-state index contributed by atoms with van der Waals surface area (Å²) in [5.41, 5.74) is 0. The molecule has 1 unspecified atom stereocenters. The Labute approximate surface area is 127 Å². The highest BCUT2D eigenvalue weighted by molar-refractivity contribution is 4.75. The van der Waals surface area contributed by atoms with Crippen molar-refractivity contribution in [1.29, 1.82) is 0 Å². The highest BCUT2D eigenvalue weighted by Gasteiger charge is 2.23. The van der Waals surface area contributed by atoms with Crippen molar-refractivity contribution < 1.29 is 5.11 Å². The van der Waals surface area contributed by atoms with Crippen LogP contribution in [0, 0.1) is 11.8 Å². The summed E-state index contributed by atoms with van der Waals surface area (Å²) in [6.07, 6.45) is 18.6. The fourth-order valence-electron chi connectivity index (χ4n) is 3.57. The van der Waals surface area contributed by atoms with Gasteiger partial charge in [-0.15, -0.1) is 0 Å². The summed E-state index contributed by atoms with van der Waals surface area (Å²) in [5.74, 6) is 1.51. The number of aliphatic hydroxyl groups excluding tert-OH is 1. The van der Waals surface area contributed by atoms with E-state index in [1.54, 1.807) is 0 Å². The molecule has 0 aliphatic heterocycles. The minimum absolute atomic E-state index is 0.00736. The molecule has 1 aliphatic rings. The number of aliphatic hydroxyl groups is 1. The summed E-state index contributed by atoms with van der Waals surface area (Å²) in [5, 5.41) is 10.3. The second-order valence-electron chi connectivity index (χ2n) is 7.20. The Morgan fingerprint density at radius 3 is 1.85 bits per heavy atom. The molecule has 1 heteroatoms. The molecule has 120 valence electrons. The third kappa shape index (κ3) is 8.29. The summed E-state index contributed by atoms with van der Waals surface area (Å²) in [6.45, 7) is 4.63. The van der Waals surface area contributed by atoms with E-state index in [0.29, 0.717) is 5.92 Å².